The predicted octanol–water partition coefficient (Wildman–Crippen LogP) is 5.82. The van der Waals surface area contributed by atoms with Crippen LogP contribution in [-0.2, 0) is 16.6 Å². The van der Waals surface area contributed by atoms with E-state index in [0.717, 1.165) is 0 Å². The Bertz CT molecular complexity index is 1340. The quantitative estimate of drug-likeness (QED) is 0.366. The summed E-state index contributed by atoms with van der Waals surface area (Å²) >= 11 is 5.90. The van der Waals surface area contributed by atoms with E-state index < -0.39 is 10.0 Å². The van der Waals surface area contributed by atoms with Crippen LogP contribution in [0.4, 0.5) is 10.1 Å². The number of rotatable bonds is 7. The number of anilines is 1. The van der Waals surface area contributed by atoms with E-state index in [4.69, 9.17) is 20.8 Å². The molecule has 1 aromatic heterocycles. The highest BCUT2D eigenvalue weighted by Gasteiger charge is 2.15. The number of aromatic nitrogens is 1. The van der Waals surface area contributed by atoms with Crippen molar-refractivity contribution in [2.75, 3.05) is 4.72 Å². The highest BCUT2D eigenvalue weighted by Crippen LogP contribution is 2.24. The van der Waals surface area contributed by atoms with Gasteiger partial charge in [0.15, 0.2) is 0 Å². The molecule has 0 spiro atoms. The lowest BCUT2D eigenvalue weighted by atomic mass is 10.2. The van der Waals surface area contributed by atoms with Gasteiger partial charge in [-0.05, 0) is 73.7 Å². The largest absolute Gasteiger partial charge is 0.487 e. The Morgan fingerprint density at radius 1 is 1.06 bits per heavy atom. The maximum atomic E-state index is 13.1. The summed E-state index contributed by atoms with van der Waals surface area (Å²) in [5.41, 5.74) is 1.61. The maximum absolute atomic E-state index is 13.1. The molecule has 1 heterocycles. The molecule has 0 aliphatic heterocycles. The van der Waals surface area contributed by atoms with Gasteiger partial charge in [-0.2, -0.15) is 0 Å². The van der Waals surface area contributed by atoms with Crippen molar-refractivity contribution in [3.05, 3.63) is 95.1 Å². The van der Waals surface area contributed by atoms with E-state index in [2.05, 4.69) is 9.71 Å². The molecule has 0 fully saturated rings. The topological polar surface area (TPSA) is 81.4 Å². The summed E-state index contributed by atoms with van der Waals surface area (Å²) in [5.74, 6) is 1.08. The molecule has 6 nitrogen and oxygen atoms in total. The smallest absolute Gasteiger partial charge is 0.261 e. The van der Waals surface area contributed by atoms with Crippen LogP contribution < -0.4 is 9.46 Å². The van der Waals surface area contributed by atoms with Crippen LogP contribution in [0.2, 0.25) is 5.02 Å². The van der Waals surface area contributed by atoms with Crippen molar-refractivity contribution in [3.8, 4) is 17.2 Å². The van der Waals surface area contributed by atoms with Crippen molar-refractivity contribution in [1.82, 2.24) is 4.98 Å². The number of benzene rings is 3. The number of nitrogens with one attached hydrogen (secondary N) is 1. The molecule has 0 saturated heterocycles. The van der Waals surface area contributed by atoms with Crippen molar-refractivity contribution in [1.29, 1.82) is 0 Å². The van der Waals surface area contributed by atoms with Gasteiger partial charge in [0.25, 0.3) is 10.0 Å². The van der Waals surface area contributed by atoms with E-state index in [1.807, 2.05) is 0 Å². The molecule has 0 aliphatic carbocycles. The van der Waals surface area contributed by atoms with Crippen LogP contribution in [0.3, 0.4) is 0 Å². The summed E-state index contributed by atoms with van der Waals surface area (Å²) in [6, 6.07) is 18.3. The van der Waals surface area contributed by atoms with E-state index in [0.29, 0.717) is 39.4 Å². The lowest BCUT2D eigenvalue weighted by Crippen LogP contribution is -2.12. The molecular weight excluding hydrogens is 455 g/mol. The molecule has 3 aromatic carbocycles. The highest BCUT2D eigenvalue weighted by atomic mass is 35.5. The number of hydrogen-bond acceptors (Lipinski definition) is 5. The highest BCUT2D eigenvalue weighted by molar-refractivity contribution is 7.92. The number of ether oxygens (including phenoxy) is 1. The second kappa shape index (κ2) is 9.02. The van der Waals surface area contributed by atoms with Crippen LogP contribution in [0.25, 0.3) is 11.5 Å². The first-order valence-corrected chi connectivity index (χ1v) is 11.4. The van der Waals surface area contributed by atoms with Crippen LogP contribution >= 0.6 is 11.6 Å². The molecule has 0 atom stereocenters. The minimum atomic E-state index is -3.77. The molecule has 32 heavy (non-hydrogen) atoms. The Balaban J connectivity index is 1.42. The zero-order valence-corrected chi connectivity index (χ0v) is 18.5. The van der Waals surface area contributed by atoms with Crippen molar-refractivity contribution in [2.45, 2.75) is 18.4 Å². The van der Waals surface area contributed by atoms with Crippen molar-refractivity contribution in [2.24, 2.45) is 0 Å². The van der Waals surface area contributed by atoms with E-state index in [1.54, 1.807) is 49.4 Å². The molecule has 0 radical (unpaired) electrons. The molecule has 1 N–H and O–H groups in total. The van der Waals surface area contributed by atoms with Crippen molar-refractivity contribution < 1.29 is 22.0 Å². The minimum Gasteiger partial charge on any atom is -0.487 e. The number of nitrogens with zero attached hydrogens (tertiary/aromatic N) is 1. The van der Waals surface area contributed by atoms with E-state index in [9.17, 15) is 12.8 Å². The van der Waals surface area contributed by atoms with Crippen molar-refractivity contribution >= 4 is 27.3 Å². The summed E-state index contributed by atoms with van der Waals surface area (Å²) in [5, 5.41) is 0.430. The first-order chi connectivity index (χ1) is 15.3. The summed E-state index contributed by atoms with van der Waals surface area (Å²) in [6.45, 7) is 1.89. The molecule has 4 aromatic rings. The van der Waals surface area contributed by atoms with Crippen LogP contribution in [0.1, 0.15) is 11.5 Å². The summed E-state index contributed by atoms with van der Waals surface area (Å²) in [7, 11) is -3.77. The first-order valence-electron chi connectivity index (χ1n) is 9.54. The van der Waals surface area contributed by atoms with Crippen LogP contribution in [0.5, 0.6) is 5.75 Å². The van der Waals surface area contributed by atoms with Gasteiger partial charge in [-0.3, -0.25) is 4.72 Å². The fourth-order valence-electron chi connectivity index (χ4n) is 2.91. The van der Waals surface area contributed by atoms with Gasteiger partial charge in [0, 0.05) is 10.6 Å². The van der Waals surface area contributed by atoms with Gasteiger partial charge < -0.3 is 9.15 Å². The monoisotopic (exact) mass is 472 g/mol. The van der Waals surface area contributed by atoms with Gasteiger partial charge in [-0.1, -0.05) is 17.7 Å². The molecule has 0 unspecified atom stereocenters. The fraction of sp³-hybridized carbons (Fsp3) is 0.0870. The Morgan fingerprint density at radius 3 is 2.47 bits per heavy atom. The zero-order valence-electron chi connectivity index (χ0n) is 16.9. The SMILES string of the molecule is Cc1oc(-c2ccc(F)cc2)nc1COc1ccc(S(=O)(=O)Nc2cccc(Cl)c2)cc1. The van der Waals surface area contributed by atoms with Gasteiger partial charge in [0.1, 0.15) is 29.6 Å². The predicted molar refractivity (Wildman–Crippen MR) is 120 cm³/mol. The Labute approximate surface area is 189 Å². The number of halogens is 2. The third-order valence-corrected chi connectivity index (χ3v) is 6.20. The standard InChI is InChI=1S/C23H18ClFN2O4S/c1-15-22(26-23(31-15)16-5-7-18(25)8-6-16)14-30-20-9-11-21(12-10-20)32(28,29)27-19-4-2-3-17(24)13-19/h2-13,27H,14H2,1H3. The van der Waals surface area contributed by atoms with Crippen LogP contribution in [0, 0.1) is 12.7 Å². The number of sulfonamides is 1. The maximum Gasteiger partial charge on any atom is 0.261 e. The molecular formula is C23H18ClFN2O4S. The second-order valence-corrected chi connectivity index (χ2v) is 9.02. The molecule has 0 aliphatic rings. The minimum absolute atomic E-state index is 0.0843. The first kappa shape index (κ1) is 21.9. The molecule has 164 valence electrons. The summed E-state index contributed by atoms with van der Waals surface area (Å²) in [4.78, 5) is 4.49. The molecule has 0 bridgehead atoms. The number of aryl methyl sites for hydroxylation is 1. The van der Waals surface area contributed by atoms with Gasteiger partial charge in [-0.15, -0.1) is 0 Å². The lowest BCUT2D eigenvalue weighted by molar-refractivity contribution is 0.299. The molecule has 0 saturated carbocycles. The average Bonchev–Trinajstić information content (AvgIpc) is 3.13. The van der Waals surface area contributed by atoms with E-state index in [-0.39, 0.29) is 17.3 Å². The van der Waals surface area contributed by atoms with Crippen LogP contribution in [-0.4, -0.2) is 13.4 Å². The Morgan fingerprint density at radius 2 is 1.78 bits per heavy atom. The summed E-state index contributed by atoms with van der Waals surface area (Å²) in [6.07, 6.45) is 0. The Kier molecular flexibility index (Phi) is 6.16. The summed E-state index contributed by atoms with van der Waals surface area (Å²) < 4.78 is 52.1. The van der Waals surface area contributed by atoms with E-state index >= 15 is 0 Å². The molecule has 9 heteroatoms. The third kappa shape index (κ3) is 5.09. The normalized spacial score (nSPS) is 11.3. The fourth-order valence-corrected chi connectivity index (χ4v) is 4.15. The van der Waals surface area contributed by atoms with Gasteiger partial charge >= 0.3 is 0 Å². The van der Waals surface area contributed by atoms with E-state index in [1.165, 1.54) is 30.3 Å². The molecule has 0 amide bonds. The van der Waals surface area contributed by atoms with Gasteiger partial charge in [-0.25, -0.2) is 17.8 Å². The third-order valence-electron chi connectivity index (χ3n) is 4.57. The zero-order chi connectivity index (χ0) is 22.7. The molecule has 4 rings (SSSR count). The average molecular weight is 473 g/mol. The van der Waals surface area contributed by atoms with Gasteiger partial charge in [0.05, 0.1) is 10.6 Å². The number of oxazole rings is 1. The number of hydrogen-bond donors (Lipinski definition) is 1. The van der Waals surface area contributed by atoms with Crippen LogP contribution in [0.15, 0.2) is 82.1 Å². The lowest BCUT2D eigenvalue weighted by Gasteiger charge is -2.09. The second-order valence-electron chi connectivity index (χ2n) is 6.90. The Hall–Kier alpha value is -3.36. The van der Waals surface area contributed by atoms with Crippen molar-refractivity contribution in [3.63, 3.8) is 0 Å². The van der Waals surface area contributed by atoms with Gasteiger partial charge in [0.2, 0.25) is 5.89 Å².